The van der Waals surface area contributed by atoms with E-state index in [1.165, 1.54) is 12.8 Å². The molecule has 4 nitrogen and oxygen atoms in total. The number of imidazole rings is 1. The molecule has 0 radical (unpaired) electrons. The van der Waals surface area contributed by atoms with Crippen LogP contribution in [0.25, 0.3) is 11.2 Å². The predicted octanol–water partition coefficient (Wildman–Crippen LogP) is 2.49. The summed E-state index contributed by atoms with van der Waals surface area (Å²) in [6.45, 7) is 0.661. The zero-order valence-corrected chi connectivity index (χ0v) is 11.1. The molecular formula is C12H15BrN4. The molecule has 17 heavy (non-hydrogen) atoms. The van der Waals surface area contributed by atoms with Gasteiger partial charge in [0, 0.05) is 22.6 Å². The number of rotatable bonds is 2. The molecule has 0 atom stereocenters. The zero-order chi connectivity index (χ0) is 11.9. The number of halogens is 1. The quantitative estimate of drug-likeness (QED) is 0.894. The molecule has 0 aromatic carbocycles. The summed E-state index contributed by atoms with van der Waals surface area (Å²) in [5.74, 6) is 1.01. The van der Waals surface area contributed by atoms with Crippen molar-refractivity contribution in [1.29, 1.82) is 0 Å². The number of nitrogens with zero attached hydrogens (tertiary/aromatic N) is 2. The fourth-order valence-corrected chi connectivity index (χ4v) is 3.05. The molecule has 3 rings (SSSR count). The first-order chi connectivity index (χ1) is 8.23. The van der Waals surface area contributed by atoms with Gasteiger partial charge in [-0.25, -0.2) is 9.97 Å². The Morgan fingerprint density at radius 3 is 2.88 bits per heavy atom. The van der Waals surface area contributed by atoms with Gasteiger partial charge in [-0.1, -0.05) is 12.8 Å². The van der Waals surface area contributed by atoms with Crippen molar-refractivity contribution in [3.63, 3.8) is 0 Å². The van der Waals surface area contributed by atoms with Gasteiger partial charge in [-0.05, 0) is 34.8 Å². The van der Waals surface area contributed by atoms with Gasteiger partial charge in [0.1, 0.15) is 5.82 Å². The van der Waals surface area contributed by atoms with E-state index in [1.54, 1.807) is 6.20 Å². The van der Waals surface area contributed by atoms with Gasteiger partial charge in [0.2, 0.25) is 0 Å². The van der Waals surface area contributed by atoms with Crippen molar-refractivity contribution in [2.45, 2.75) is 31.1 Å². The van der Waals surface area contributed by atoms with Crippen LogP contribution in [0.5, 0.6) is 0 Å². The molecule has 5 heteroatoms. The molecule has 1 saturated carbocycles. The topological polar surface area (TPSA) is 67.6 Å². The van der Waals surface area contributed by atoms with Gasteiger partial charge >= 0.3 is 0 Å². The third-order valence-corrected chi connectivity index (χ3v) is 4.19. The van der Waals surface area contributed by atoms with Crippen molar-refractivity contribution in [3.8, 4) is 0 Å². The van der Waals surface area contributed by atoms with E-state index in [0.717, 1.165) is 34.3 Å². The number of pyridine rings is 1. The number of aromatic nitrogens is 3. The summed E-state index contributed by atoms with van der Waals surface area (Å²) in [5, 5.41) is 0. The average molecular weight is 295 g/mol. The number of fused-ring (bicyclic) bond motifs is 1. The summed E-state index contributed by atoms with van der Waals surface area (Å²) >= 11 is 3.42. The highest BCUT2D eigenvalue weighted by Crippen LogP contribution is 2.39. The van der Waals surface area contributed by atoms with Crippen molar-refractivity contribution in [2.75, 3.05) is 6.54 Å². The summed E-state index contributed by atoms with van der Waals surface area (Å²) in [4.78, 5) is 12.3. The zero-order valence-electron chi connectivity index (χ0n) is 9.54. The highest BCUT2D eigenvalue weighted by molar-refractivity contribution is 9.10. The van der Waals surface area contributed by atoms with Gasteiger partial charge in [-0.2, -0.15) is 0 Å². The second kappa shape index (κ2) is 4.07. The lowest BCUT2D eigenvalue weighted by molar-refractivity contribution is 0.429. The smallest absolute Gasteiger partial charge is 0.177 e. The molecule has 3 N–H and O–H groups in total. The average Bonchev–Trinajstić information content (AvgIpc) is 2.94. The molecule has 2 aromatic rings. The van der Waals surface area contributed by atoms with E-state index < -0.39 is 0 Å². The molecule has 0 amide bonds. The van der Waals surface area contributed by atoms with E-state index in [9.17, 15) is 0 Å². The lowest BCUT2D eigenvalue weighted by Crippen LogP contribution is -2.33. The van der Waals surface area contributed by atoms with Crippen LogP contribution in [0, 0.1) is 0 Å². The number of hydrogen-bond donors (Lipinski definition) is 2. The molecule has 2 aromatic heterocycles. The Morgan fingerprint density at radius 2 is 2.18 bits per heavy atom. The van der Waals surface area contributed by atoms with Crippen LogP contribution in [-0.2, 0) is 5.41 Å². The molecule has 1 aliphatic rings. The number of hydrogen-bond acceptors (Lipinski definition) is 3. The number of aromatic amines is 1. The van der Waals surface area contributed by atoms with Crippen molar-refractivity contribution < 1.29 is 0 Å². The fourth-order valence-electron chi connectivity index (χ4n) is 2.72. The molecule has 0 saturated heterocycles. The van der Waals surface area contributed by atoms with Gasteiger partial charge < -0.3 is 10.7 Å². The molecule has 0 bridgehead atoms. The molecular weight excluding hydrogens is 280 g/mol. The first-order valence-electron chi connectivity index (χ1n) is 5.95. The van der Waals surface area contributed by atoms with Crippen LogP contribution in [0.15, 0.2) is 16.7 Å². The lowest BCUT2D eigenvalue weighted by Gasteiger charge is -2.24. The van der Waals surface area contributed by atoms with Crippen molar-refractivity contribution in [1.82, 2.24) is 15.0 Å². The molecule has 0 unspecified atom stereocenters. The first kappa shape index (κ1) is 11.2. The fraction of sp³-hybridized carbons (Fsp3) is 0.500. The SMILES string of the molecule is NCC1(c2nc3ncc(Br)cc3[nH]2)CCCC1. The maximum atomic E-state index is 5.96. The van der Waals surface area contributed by atoms with Crippen LogP contribution in [0.4, 0.5) is 0 Å². The molecule has 1 fully saturated rings. The number of H-pyrrole nitrogens is 1. The van der Waals surface area contributed by atoms with E-state index in [2.05, 4.69) is 30.9 Å². The minimum absolute atomic E-state index is 0.0488. The Hall–Kier alpha value is -0.940. The van der Waals surface area contributed by atoms with Crippen LogP contribution >= 0.6 is 15.9 Å². The Morgan fingerprint density at radius 1 is 1.41 bits per heavy atom. The Labute approximate surface area is 108 Å². The van der Waals surface area contributed by atoms with Gasteiger partial charge in [0.15, 0.2) is 5.65 Å². The largest absolute Gasteiger partial charge is 0.340 e. The van der Waals surface area contributed by atoms with Crippen LogP contribution in [-0.4, -0.2) is 21.5 Å². The monoisotopic (exact) mass is 294 g/mol. The molecule has 1 aliphatic carbocycles. The third kappa shape index (κ3) is 1.77. The lowest BCUT2D eigenvalue weighted by atomic mass is 9.85. The van der Waals surface area contributed by atoms with Crippen LogP contribution in [0.1, 0.15) is 31.5 Å². The minimum atomic E-state index is 0.0488. The van der Waals surface area contributed by atoms with Crippen molar-refractivity contribution >= 4 is 27.1 Å². The van der Waals surface area contributed by atoms with E-state index in [1.807, 2.05) is 6.07 Å². The highest BCUT2D eigenvalue weighted by atomic mass is 79.9. The molecule has 0 aliphatic heterocycles. The molecule has 90 valence electrons. The van der Waals surface area contributed by atoms with E-state index in [4.69, 9.17) is 5.73 Å². The van der Waals surface area contributed by atoms with Gasteiger partial charge in [-0.3, -0.25) is 0 Å². The summed E-state index contributed by atoms with van der Waals surface area (Å²) in [7, 11) is 0. The van der Waals surface area contributed by atoms with Gasteiger partial charge in [-0.15, -0.1) is 0 Å². The van der Waals surface area contributed by atoms with Crippen LogP contribution in [0.3, 0.4) is 0 Å². The second-order valence-electron chi connectivity index (χ2n) is 4.80. The molecule has 2 heterocycles. The number of nitrogens with one attached hydrogen (secondary N) is 1. The summed E-state index contributed by atoms with van der Waals surface area (Å²) in [6.07, 6.45) is 6.52. The second-order valence-corrected chi connectivity index (χ2v) is 5.72. The Balaban J connectivity index is 2.11. The normalized spacial score (nSPS) is 18.9. The maximum Gasteiger partial charge on any atom is 0.177 e. The van der Waals surface area contributed by atoms with Crippen molar-refractivity contribution in [3.05, 3.63) is 22.6 Å². The third-order valence-electron chi connectivity index (χ3n) is 3.76. The van der Waals surface area contributed by atoms with Crippen LogP contribution in [0.2, 0.25) is 0 Å². The molecule has 0 spiro atoms. The van der Waals surface area contributed by atoms with Gasteiger partial charge in [0.25, 0.3) is 0 Å². The summed E-state index contributed by atoms with van der Waals surface area (Å²) in [6, 6.07) is 2.01. The van der Waals surface area contributed by atoms with Gasteiger partial charge in [0.05, 0.1) is 5.52 Å². The minimum Gasteiger partial charge on any atom is -0.340 e. The predicted molar refractivity (Wildman–Crippen MR) is 70.8 cm³/mol. The van der Waals surface area contributed by atoms with E-state index in [0.29, 0.717) is 6.54 Å². The maximum absolute atomic E-state index is 5.96. The van der Waals surface area contributed by atoms with Crippen molar-refractivity contribution in [2.24, 2.45) is 5.73 Å². The first-order valence-corrected chi connectivity index (χ1v) is 6.75. The summed E-state index contributed by atoms with van der Waals surface area (Å²) in [5.41, 5.74) is 7.77. The Bertz CT molecular complexity index is 542. The number of nitrogens with two attached hydrogens (primary N) is 1. The van der Waals surface area contributed by atoms with E-state index in [-0.39, 0.29) is 5.41 Å². The Kier molecular flexibility index (Phi) is 2.67. The standard InChI is InChI=1S/C12H15BrN4/c13-8-5-9-10(15-6-8)17-11(16-9)12(7-14)3-1-2-4-12/h5-6H,1-4,7,14H2,(H,15,16,17). The van der Waals surface area contributed by atoms with E-state index >= 15 is 0 Å². The highest BCUT2D eigenvalue weighted by Gasteiger charge is 2.37. The van der Waals surface area contributed by atoms with Crippen LogP contribution < -0.4 is 5.73 Å². The summed E-state index contributed by atoms with van der Waals surface area (Å²) < 4.78 is 0.966.